The van der Waals surface area contributed by atoms with Gasteiger partial charge in [0.2, 0.25) is 0 Å². The van der Waals surface area contributed by atoms with Gasteiger partial charge in [-0.05, 0) is 37.5 Å². The summed E-state index contributed by atoms with van der Waals surface area (Å²) in [6.07, 6.45) is 4.97. The van der Waals surface area contributed by atoms with Crippen molar-refractivity contribution in [3.63, 3.8) is 0 Å². The Morgan fingerprint density at radius 2 is 1.92 bits per heavy atom. The van der Waals surface area contributed by atoms with Gasteiger partial charge in [-0.15, -0.1) is 24.0 Å². The van der Waals surface area contributed by atoms with E-state index in [4.69, 9.17) is 10.2 Å². The number of nitrogens with zero attached hydrogens (tertiary/aromatic N) is 2. The van der Waals surface area contributed by atoms with Crippen LogP contribution in [0, 0.1) is 0 Å². The first-order valence-electron chi connectivity index (χ1n) is 8.21. The lowest BCUT2D eigenvalue weighted by molar-refractivity contribution is 0.0999. The van der Waals surface area contributed by atoms with E-state index in [-0.39, 0.29) is 24.0 Å². The van der Waals surface area contributed by atoms with Crippen LogP contribution < -0.4 is 11.1 Å². The number of aliphatic imine (C=N–C) groups is 1. The molecule has 1 aromatic carbocycles. The monoisotopic (exact) mass is 454 g/mol. The first kappa shape index (κ1) is 19.3. The summed E-state index contributed by atoms with van der Waals surface area (Å²) < 4.78 is 5.36. The van der Waals surface area contributed by atoms with E-state index < -0.39 is 5.91 Å². The average Bonchev–Trinajstić information content (AvgIpc) is 3.09. The molecule has 6 nitrogen and oxygen atoms in total. The molecule has 1 aromatic heterocycles. The van der Waals surface area contributed by atoms with Crippen LogP contribution in [0.2, 0.25) is 0 Å². The molecule has 1 saturated heterocycles. The number of hydrogen-bond acceptors (Lipinski definition) is 3. The van der Waals surface area contributed by atoms with Gasteiger partial charge >= 0.3 is 0 Å². The number of nitrogens with one attached hydrogen (secondary N) is 1. The van der Waals surface area contributed by atoms with Crippen LogP contribution in [0.1, 0.15) is 35.4 Å². The molecule has 25 heavy (non-hydrogen) atoms. The smallest absolute Gasteiger partial charge is 0.251 e. The fourth-order valence-electron chi connectivity index (χ4n) is 2.72. The van der Waals surface area contributed by atoms with Gasteiger partial charge in [0.25, 0.3) is 5.91 Å². The molecule has 1 amide bonds. The molecule has 1 fully saturated rings. The molecular formula is C18H23IN4O2. The number of carbonyl (C=O) groups excluding carboxylic acids is 1. The molecule has 0 radical (unpaired) electrons. The number of para-hydroxylation sites is 1. The summed E-state index contributed by atoms with van der Waals surface area (Å²) in [5.74, 6) is 0.957. The number of piperidine rings is 1. The zero-order chi connectivity index (χ0) is 16.8. The fraction of sp³-hybridized carbons (Fsp3) is 0.333. The summed E-state index contributed by atoms with van der Waals surface area (Å²) in [5.41, 5.74) is 6.62. The van der Waals surface area contributed by atoms with Gasteiger partial charge in [0.15, 0.2) is 5.96 Å². The maximum atomic E-state index is 11.1. The number of amides is 1. The molecule has 1 aliphatic rings. The second-order valence-electron chi connectivity index (χ2n) is 5.84. The van der Waals surface area contributed by atoms with Gasteiger partial charge in [-0.3, -0.25) is 4.79 Å². The summed E-state index contributed by atoms with van der Waals surface area (Å²) in [5, 5.41) is 3.39. The number of primary amides is 1. The van der Waals surface area contributed by atoms with Gasteiger partial charge in [-0.25, -0.2) is 4.99 Å². The van der Waals surface area contributed by atoms with Crippen molar-refractivity contribution in [2.75, 3.05) is 18.4 Å². The summed E-state index contributed by atoms with van der Waals surface area (Å²) in [6, 6.07) is 11.6. The third-order valence-electron chi connectivity index (χ3n) is 4.01. The molecular weight excluding hydrogens is 431 g/mol. The number of nitrogens with two attached hydrogens (primary N) is 1. The summed E-state index contributed by atoms with van der Waals surface area (Å²) >= 11 is 0. The van der Waals surface area contributed by atoms with E-state index in [9.17, 15) is 4.79 Å². The number of furan rings is 1. The van der Waals surface area contributed by atoms with Crippen molar-refractivity contribution < 1.29 is 9.21 Å². The van der Waals surface area contributed by atoms with Gasteiger partial charge in [-0.2, -0.15) is 0 Å². The van der Waals surface area contributed by atoms with Crippen molar-refractivity contribution in [3.05, 3.63) is 54.0 Å². The minimum Gasteiger partial charge on any atom is -0.467 e. The second kappa shape index (κ2) is 9.45. The van der Waals surface area contributed by atoms with Crippen LogP contribution >= 0.6 is 24.0 Å². The molecule has 2 aromatic rings. The topological polar surface area (TPSA) is 83.9 Å². The average molecular weight is 454 g/mol. The zero-order valence-electron chi connectivity index (χ0n) is 14.0. The SMILES string of the molecule is I.NC(=O)c1coc(CN=C(Nc2ccccc2)N2CCCCC2)c1. The van der Waals surface area contributed by atoms with E-state index in [0.717, 1.165) is 24.7 Å². The molecule has 134 valence electrons. The van der Waals surface area contributed by atoms with Gasteiger partial charge in [0.05, 0.1) is 5.56 Å². The molecule has 0 spiro atoms. The Bertz CT molecular complexity index is 709. The van der Waals surface area contributed by atoms with E-state index in [2.05, 4.69) is 15.2 Å². The molecule has 0 saturated carbocycles. The highest BCUT2D eigenvalue weighted by Crippen LogP contribution is 2.14. The summed E-state index contributed by atoms with van der Waals surface area (Å²) in [6.45, 7) is 2.34. The Hall–Kier alpha value is -2.03. The number of carbonyl (C=O) groups is 1. The fourth-order valence-corrected chi connectivity index (χ4v) is 2.72. The maximum Gasteiger partial charge on any atom is 0.251 e. The van der Waals surface area contributed by atoms with Gasteiger partial charge in [0, 0.05) is 18.8 Å². The lowest BCUT2D eigenvalue weighted by Crippen LogP contribution is -2.40. The Labute approximate surface area is 164 Å². The summed E-state index contributed by atoms with van der Waals surface area (Å²) in [4.78, 5) is 18.1. The van der Waals surface area contributed by atoms with Crippen LogP contribution in [0.4, 0.5) is 5.69 Å². The van der Waals surface area contributed by atoms with Crippen molar-refractivity contribution in [2.45, 2.75) is 25.8 Å². The number of rotatable bonds is 4. The normalized spacial score (nSPS) is 14.7. The van der Waals surface area contributed by atoms with Crippen LogP contribution in [0.25, 0.3) is 0 Å². The van der Waals surface area contributed by atoms with E-state index in [1.807, 2.05) is 30.3 Å². The Kier molecular flexibility index (Phi) is 7.30. The molecule has 3 rings (SSSR count). The van der Waals surface area contributed by atoms with E-state index in [1.54, 1.807) is 6.07 Å². The first-order chi connectivity index (χ1) is 11.7. The Balaban J connectivity index is 0.00000225. The van der Waals surface area contributed by atoms with Crippen LogP contribution in [0.5, 0.6) is 0 Å². The second-order valence-corrected chi connectivity index (χ2v) is 5.84. The largest absolute Gasteiger partial charge is 0.467 e. The number of benzene rings is 1. The predicted molar refractivity (Wildman–Crippen MR) is 109 cm³/mol. The third kappa shape index (κ3) is 5.48. The van der Waals surface area contributed by atoms with Crippen molar-refractivity contribution in [3.8, 4) is 0 Å². The quantitative estimate of drug-likeness (QED) is 0.421. The highest BCUT2D eigenvalue weighted by molar-refractivity contribution is 14.0. The van der Waals surface area contributed by atoms with E-state index in [1.165, 1.54) is 25.5 Å². The lowest BCUT2D eigenvalue weighted by Gasteiger charge is -2.30. The standard InChI is InChI=1S/C18H22N4O2.HI/c19-17(23)14-11-16(24-13-14)12-20-18(22-9-5-2-6-10-22)21-15-7-3-1-4-8-15;/h1,3-4,7-8,11,13H,2,5-6,9-10,12H2,(H2,19,23)(H,20,21);1H. The number of anilines is 1. The van der Waals surface area contributed by atoms with Crippen LogP contribution in [-0.2, 0) is 6.54 Å². The minimum absolute atomic E-state index is 0. The molecule has 7 heteroatoms. The predicted octanol–water partition coefficient (Wildman–Crippen LogP) is 3.45. The highest BCUT2D eigenvalue weighted by Gasteiger charge is 2.15. The maximum absolute atomic E-state index is 11.1. The Morgan fingerprint density at radius 1 is 1.20 bits per heavy atom. The van der Waals surface area contributed by atoms with Gasteiger partial charge < -0.3 is 20.4 Å². The van der Waals surface area contributed by atoms with Gasteiger partial charge in [0.1, 0.15) is 18.6 Å². The number of halogens is 1. The zero-order valence-corrected chi connectivity index (χ0v) is 16.3. The van der Waals surface area contributed by atoms with E-state index >= 15 is 0 Å². The van der Waals surface area contributed by atoms with Crippen molar-refractivity contribution in [1.82, 2.24) is 4.90 Å². The number of guanidine groups is 1. The van der Waals surface area contributed by atoms with Crippen molar-refractivity contribution >= 4 is 41.5 Å². The molecule has 0 unspecified atom stereocenters. The van der Waals surface area contributed by atoms with Crippen molar-refractivity contribution in [1.29, 1.82) is 0 Å². The molecule has 2 heterocycles. The Morgan fingerprint density at radius 3 is 2.56 bits per heavy atom. The third-order valence-corrected chi connectivity index (χ3v) is 4.01. The first-order valence-corrected chi connectivity index (χ1v) is 8.21. The molecule has 0 atom stereocenters. The summed E-state index contributed by atoms with van der Waals surface area (Å²) in [7, 11) is 0. The molecule has 3 N–H and O–H groups in total. The minimum atomic E-state index is -0.493. The van der Waals surface area contributed by atoms with Crippen LogP contribution in [0.15, 0.2) is 52.1 Å². The highest BCUT2D eigenvalue weighted by atomic mass is 127. The molecule has 0 aliphatic carbocycles. The van der Waals surface area contributed by atoms with E-state index in [0.29, 0.717) is 17.9 Å². The van der Waals surface area contributed by atoms with Crippen LogP contribution in [-0.4, -0.2) is 29.9 Å². The lowest BCUT2D eigenvalue weighted by atomic mass is 10.1. The molecule has 0 bridgehead atoms. The number of hydrogen-bond donors (Lipinski definition) is 2. The van der Waals surface area contributed by atoms with Crippen molar-refractivity contribution in [2.24, 2.45) is 10.7 Å². The van der Waals surface area contributed by atoms with Gasteiger partial charge in [-0.1, -0.05) is 18.2 Å². The number of likely N-dealkylation sites (tertiary alicyclic amines) is 1. The molecule has 1 aliphatic heterocycles. The van der Waals surface area contributed by atoms with Crippen LogP contribution in [0.3, 0.4) is 0 Å².